The number of nitro benzene ring substituents is 2. The van der Waals surface area contributed by atoms with Crippen molar-refractivity contribution in [2.75, 3.05) is 5.01 Å². The topological polar surface area (TPSA) is 119 Å². The van der Waals surface area contributed by atoms with Gasteiger partial charge in [0.2, 0.25) is 0 Å². The number of hydrazone groups is 1. The van der Waals surface area contributed by atoms with Crippen LogP contribution in [0, 0.1) is 20.2 Å². The summed E-state index contributed by atoms with van der Waals surface area (Å²) in [5.74, 6) is -0.385. The van der Waals surface area contributed by atoms with Crippen molar-refractivity contribution in [3.63, 3.8) is 0 Å². The van der Waals surface area contributed by atoms with Gasteiger partial charge in [-0.05, 0) is 30.2 Å². The van der Waals surface area contributed by atoms with E-state index in [0.717, 1.165) is 6.42 Å². The minimum atomic E-state index is -0.519. The molecule has 142 valence electrons. The molecule has 2 aromatic carbocycles. The van der Waals surface area contributed by atoms with Crippen LogP contribution in [0.5, 0.6) is 0 Å². The Balaban J connectivity index is 1.97. The summed E-state index contributed by atoms with van der Waals surface area (Å²) >= 11 is 0. The van der Waals surface area contributed by atoms with Gasteiger partial charge in [0.25, 0.3) is 17.3 Å². The van der Waals surface area contributed by atoms with Crippen LogP contribution in [0.1, 0.15) is 25.3 Å². The molecule has 0 saturated heterocycles. The molecule has 0 N–H and O–H groups in total. The van der Waals surface area contributed by atoms with Gasteiger partial charge in [-0.1, -0.05) is 25.5 Å². The molecule has 1 aliphatic heterocycles. The van der Waals surface area contributed by atoms with E-state index in [4.69, 9.17) is 0 Å². The van der Waals surface area contributed by atoms with Gasteiger partial charge in [-0.3, -0.25) is 25.0 Å². The summed E-state index contributed by atoms with van der Waals surface area (Å²) in [5.41, 5.74) is 1.69. The largest absolute Gasteiger partial charge is 0.280 e. The molecule has 1 amide bonds. The van der Waals surface area contributed by atoms with Crippen molar-refractivity contribution in [2.24, 2.45) is 5.10 Å². The lowest BCUT2D eigenvalue weighted by molar-refractivity contribution is -0.385. The van der Waals surface area contributed by atoms with E-state index in [1.807, 2.05) is 6.92 Å². The minimum absolute atomic E-state index is 0.0685. The van der Waals surface area contributed by atoms with Crippen LogP contribution in [0.15, 0.2) is 59.2 Å². The number of rotatable bonds is 6. The van der Waals surface area contributed by atoms with E-state index in [9.17, 15) is 25.0 Å². The first-order valence-corrected chi connectivity index (χ1v) is 8.53. The minimum Gasteiger partial charge on any atom is -0.267 e. The first-order valence-electron chi connectivity index (χ1n) is 8.53. The molecule has 0 bridgehead atoms. The van der Waals surface area contributed by atoms with E-state index in [0.29, 0.717) is 29.0 Å². The zero-order chi connectivity index (χ0) is 20.3. The van der Waals surface area contributed by atoms with Crippen LogP contribution in [0.4, 0.5) is 17.1 Å². The van der Waals surface area contributed by atoms with E-state index in [1.165, 1.54) is 41.4 Å². The Morgan fingerprint density at radius 2 is 1.71 bits per heavy atom. The number of amides is 1. The third-order valence-electron chi connectivity index (χ3n) is 4.14. The highest BCUT2D eigenvalue weighted by atomic mass is 16.6. The zero-order valence-electron chi connectivity index (χ0n) is 14.9. The summed E-state index contributed by atoms with van der Waals surface area (Å²) in [6.07, 6.45) is 2.89. The number of hydrogen-bond acceptors (Lipinski definition) is 6. The number of carbonyl (C=O) groups excluding carboxylic acids is 1. The summed E-state index contributed by atoms with van der Waals surface area (Å²) in [5, 5.41) is 27.3. The van der Waals surface area contributed by atoms with Gasteiger partial charge >= 0.3 is 0 Å². The van der Waals surface area contributed by atoms with E-state index < -0.39 is 9.85 Å². The highest BCUT2D eigenvalue weighted by Gasteiger charge is 2.30. The average Bonchev–Trinajstić information content (AvgIpc) is 2.98. The van der Waals surface area contributed by atoms with Gasteiger partial charge < -0.3 is 0 Å². The maximum absolute atomic E-state index is 12.9. The van der Waals surface area contributed by atoms with Crippen LogP contribution >= 0.6 is 0 Å². The molecule has 0 unspecified atom stereocenters. The van der Waals surface area contributed by atoms with Crippen LogP contribution in [0.2, 0.25) is 0 Å². The second-order valence-electron chi connectivity index (χ2n) is 6.10. The molecular formula is C19H16N4O5. The Hall–Kier alpha value is -3.88. The van der Waals surface area contributed by atoms with Crippen molar-refractivity contribution in [1.82, 2.24) is 0 Å². The Labute approximate surface area is 159 Å². The lowest BCUT2D eigenvalue weighted by Crippen LogP contribution is -2.21. The second-order valence-corrected chi connectivity index (χ2v) is 6.10. The third kappa shape index (κ3) is 3.78. The molecule has 2 aromatic rings. The van der Waals surface area contributed by atoms with Crippen molar-refractivity contribution in [2.45, 2.75) is 19.8 Å². The molecule has 0 atom stereocenters. The molecule has 0 aliphatic carbocycles. The number of non-ortho nitro benzene ring substituents is 2. The summed E-state index contributed by atoms with van der Waals surface area (Å²) in [7, 11) is 0. The van der Waals surface area contributed by atoms with Crippen LogP contribution in [0.3, 0.4) is 0 Å². The fraction of sp³-hybridized carbons (Fsp3) is 0.158. The van der Waals surface area contributed by atoms with Crippen molar-refractivity contribution >= 4 is 34.8 Å². The lowest BCUT2D eigenvalue weighted by Gasteiger charge is -2.11. The number of nitrogens with zero attached hydrogens (tertiary/aromatic N) is 4. The van der Waals surface area contributed by atoms with Crippen molar-refractivity contribution in [1.29, 1.82) is 0 Å². The maximum atomic E-state index is 12.9. The van der Waals surface area contributed by atoms with Crippen LogP contribution in [0.25, 0.3) is 6.08 Å². The first kappa shape index (κ1) is 18.9. The second kappa shape index (κ2) is 7.78. The van der Waals surface area contributed by atoms with Gasteiger partial charge in [-0.2, -0.15) is 10.1 Å². The first-order chi connectivity index (χ1) is 13.4. The fourth-order valence-electron chi connectivity index (χ4n) is 2.81. The van der Waals surface area contributed by atoms with Crippen molar-refractivity contribution in [3.05, 3.63) is 79.9 Å². The number of benzene rings is 2. The van der Waals surface area contributed by atoms with Crippen LogP contribution < -0.4 is 5.01 Å². The fourth-order valence-corrected chi connectivity index (χ4v) is 2.81. The third-order valence-corrected chi connectivity index (χ3v) is 4.14. The number of anilines is 1. The van der Waals surface area contributed by atoms with Gasteiger partial charge in [0.05, 0.1) is 26.8 Å². The Morgan fingerprint density at radius 3 is 2.32 bits per heavy atom. The molecule has 0 spiro atoms. The van der Waals surface area contributed by atoms with Gasteiger partial charge in [0.15, 0.2) is 0 Å². The van der Waals surface area contributed by atoms with Gasteiger partial charge in [-0.25, -0.2) is 0 Å². The molecule has 3 rings (SSSR count). The van der Waals surface area contributed by atoms with E-state index in [1.54, 1.807) is 18.2 Å². The summed E-state index contributed by atoms with van der Waals surface area (Å²) < 4.78 is 0. The standard InChI is InChI=1S/C19H16N4O5/c1-2-4-18-17(12-13-5-3-6-16(11-13)23(27)28)19(24)21(20-18)14-7-9-15(10-8-14)22(25)26/h3,5-12H,2,4H2,1H3/b17-12+. The average molecular weight is 380 g/mol. The number of hydrogen-bond donors (Lipinski definition) is 0. The molecule has 1 heterocycles. The normalized spacial score (nSPS) is 15.0. The quantitative estimate of drug-likeness (QED) is 0.425. The molecule has 9 nitrogen and oxygen atoms in total. The summed E-state index contributed by atoms with van der Waals surface area (Å²) in [6.45, 7) is 1.95. The molecule has 0 saturated carbocycles. The Bertz CT molecular complexity index is 1010. The summed E-state index contributed by atoms with van der Waals surface area (Å²) in [4.78, 5) is 33.7. The smallest absolute Gasteiger partial charge is 0.267 e. The zero-order valence-corrected chi connectivity index (χ0v) is 14.9. The number of carbonyl (C=O) groups is 1. The van der Waals surface area contributed by atoms with Gasteiger partial charge in [0, 0.05) is 24.3 Å². The van der Waals surface area contributed by atoms with Crippen molar-refractivity contribution in [3.8, 4) is 0 Å². The SMILES string of the molecule is CCCC1=NN(c2ccc([N+](=O)[O-])cc2)C(=O)/C1=C/c1cccc([N+](=O)[O-])c1. The Morgan fingerprint density at radius 1 is 1.04 bits per heavy atom. The van der Waals surface area contributed by atoms with E-state index >= 15 is 0 Å². The van der Waals surface area contributed by atoms with E-state index in [2.05, 4.69) is 5.10 Å². The Kier molecular flexibility index (Phi) is 5.25. The van der Waals surface area contributed by atoms with Crippen molar-refractivity contribution < 1.29 is 14.6 Å². The van der Waals surface area contributed by atoms with Crippen LogP contribution in [-0.2, 0) is 4.79 Å². The monoisotopic (exact) mass is 380 g/mol. The molecule has 28 heavy (non-hydrogen) atoms. The van der Waals surface area contributed by atoms with Gasteiger partial charge in [0.1, 0.15) is 0 Å². The van der Waals surface area contributed by atoms with E-state index in [-0.39, 0.29) is 17.3 Å². The lowest BCUT2D eigenvalue weighted by atomic mass is 10.0. The molecule has 0 aromatic heterocycles. The van der Waals surface area contributed by atoms with Gasteiger partial charge in [-0.15, -0.1) is 0 Å². The molecule has 9 heteroatoms. The number of nitro groups is 2. The summed E-state index contributed by atoms with van der Waals surface area (Å²) in [6, 6.07) is 11.5. The highest BCUT2D eigenvalue weighted by molar-refractivity contribution is 6.32. The molecular weight excluding hydrogens is 364 g/mol. The maximum Gasteiger partial charge on any atom is 0.280 e. The molecule has 0 radical (unpaired) electrons. The van der Waals surface area contributed by atoms with Crippen LogP contribution in [-0.4, -0.2) is 21.5 Å². The predicted molar refractivity (Wildman–Crippen MR) is 104 cm³/mol. The molecule has 0 fully saturated rings. The highest BCUT2D eigenvalue weighted by Crippen LogP contribution is 2.28. The predicted octanol–water partition coefficient (Wildman–Crippen LogP) is 4.09. The molecule has 1 aliphatic rings.